The summed E-state index contributed by atoms with van der Waals surface area (Å²) in [5.74, 6) is -3.15. The molecule has 49 heavy (non-hydrogen) atoms. The lowest BCUT2D eigenvalue weighted by Gasteiger charge is -2.45. The van der Waals surface area contributed by atoms with E-state index in [2.05, 4.69) is 0 Å². The zero-order chi connectivity index (χ0) is 35.5. The van der Waals surface area contributed by atoms with Crippen molar-refractivity contribution in [3.63, 3.8) is 0 Å². The van der Waals surface area contributed by atoms with Gasteiger partial charge in [-0.1, -0.05) is 60.7 Å². The predicted molar refractivity (Wildman–Crippen MR) is 164 cm³/mol. The van der Waals surface area contributed by atoms with E-state index in [4.69, 9.17) is 42.6 Å². The van der Waals surface area contributed by atoms with Crippen molar-refractivity contribution in [2.24, 2.45) is 0 Å². The summed E-state index contributed by atoms with van der Waals surface area (Å²) in [5, 5.41) is 11.0. The Bertz CT molecular complexity index is 1380. The highest BCUT2D eigenvalue weighted by Crippen LogP contribution is 2.33. The average molecular weight is 693 g/mol. The number of alkyl halides is 1. The van der Waals surface area contributed by atoms with E-state index in [0.29, 0.717) is 0 Å². The first-order valence-corrected chi connectivity index (χ1v) is 15.6. The van der Waals surface area contributed by atoms with Crippen LogP contribution < -0.4 is 0 Å². The minimum atomic E-state index is -1.92. The van der Waals surface area contributed by atoms with Gasteiger partial charge in [0.2, 0.25) is 0 Å². The van der Waals surface area contributed by atoms with Crippen molar-refractivity contribution >= 4 is 23.9 Å². The van der Waals surface area contributed by atoms with Crippen molar-refractivity contribution in [3.05, 3.63) is 71.8 Å². The van der Waals surface area contributed by atoms with E-state index in [1.165, 1.54) is 0 Å². The SMILES string of the molecule is CC(=O)OC[C@H]1O[C@@H](OC[C@H]2O[C@@H](O)[C@H](OCc3ccccc3)[C@@H](OCc3ccccc3)[C@H]2F)[C@H](OC(C)=O)[C@@H](OC(C)=O)[C@H]1OC(C)=O. The second-order valence-electron chi connectivity index (χ2n) is 11.4. The molecule has 2 aliphatic rings. The van der Waals surface area contributed by atoms with Gasteiger partial charge in [0.25, 0.3) is 0 Å². The first kappa shape index (κ1) is 37.8. The average Bonchev–Trinajstić information content (AvgIpc) is 3.05. The molecule has 2 aromatic carbocycles. The van der Waals surface area contributed by atoms with Gasteiger partial charge in [-0.05, 0) is 11.1 Å². The van der Waals surface area contributed by atoms with E-state index in [0.717, 1.165) is 38.8 Å². The van der Waals surface area contributed by atoms with Gasteiger partial charge in [0.05, 0.1) is 19.8 Å². The minimum absolute atomic E-state index is 0.00286. The lowest BCUT2D eigenvalue weighted by atomic mass is 9.97. The Morgan fingerprint density at radius 2 is 1.12 bits per heavy atom. The maximum Gasteiger partial charge on any atom is 0.303 e. The van der Waals surface area contributed by atoms with Crippen LogP contribution in [0.2, 0.25) is 0 Å². The maximum atomic E-state index is 16.3. The summed E-state index contributed by atoms with van der Waals surface area (Å²) in [5.41, 5.74) is 1.53. The van der Waals surface area contributed by atoms with Crippen LogP contribution in [-0.4, -0.2) is 104 Å². The summed E-state index contributed by atoms with van der Waals surface area (Å²) in [4.78, 5) is 47.9. The fraction of sp³-hybridized carbons (Fsp3) is 0.529. The molecule has 2 aliphatic heterocycles. The molecule has 0 aromatic heterocycles. The van der Waals surface area contributed by atoms with Crippen LogP contribution in [0.1, 0.15) is 38.8 Å². The summed E-state index contributed by atoms with van der Waals surface area (Å²) in [6.07, 6.45) is -14.9. The molecule has 0 saturated carbocycles. The summed E-state index contributed by atoms with van der Waals surface area (Å²) >= 11 is 0. The monoisotopic (exact) mass is 692 g/mol. The number of aliphatic hydroxyl groups is 1. The summed E-state index contributed by atoms with van der Waals surface area (Å²) in [6.45, 7) is 3.36. The molecule has 14 nitrogen and oxygen atoms in total. The first-order valence-electron chi connectivity index (χ1n) is 15.6. The van der Waals surface area contributed by atoms with Gasteiger partial charge in [0.15, 0.2) is 37.1 Å². The fourth-order valence-corrected chi connectivity index (χ4v) is 5.43. The predicted octanol–water partition coefficient (Wildman–Crippen LogP) is 2.31. The molecule has 2 heterocycles. The molecule has 0 bridgehead atoms. The molecule has 0 radical (unpaired) electrons. The standard InChI is InChI=1S/C34H41FO14/c1-19(36)41-18-26-28(45-20(2)37)30(46-21(3)38)32(47-22(4)39)34(49-26)44-17-25-27(35)29(42-15-23-11-7-5-8-12-23)31(33(40)48-25)43-16-24-13-9-6-10-14-24/h5-14,25-34,40H,15-18H2,1-4H3/t25-,26-,27+,28+,29+,30+,31-,32-,33-,34-/m1/s1. The number of halogens is 1. The Balaban J connectivity index is 1.56. The quantitative estimate of drug-likeness (QED) is 0.226. The fourth-order valence-electron chi connectivity index (χ4n) is 5.43. The van der Waals surface area contributed by atoms with Gasteiger partial charge in [0, 0.05) is 27.7 Å². The van der Waals surface area contributed by atoms with Crippen LogP contribution >= 0.6 is 0 Å². The van der Waals surface area contributed by atoms with Crippen molar-refractivity contribution in [2.45, 2.75) is 102 Å². The number of hydrogen-bond acceptors (Lipinski definition) is 14. The number of esters is 4. The van der Waals surface area contributed by atoms with E-state index in [1.807, 2.05) is 36.4 Å². The van der Waals surface area contributed by atoms with Crippen LogP contribution in [-0.2, 0) is 75.0 Å². The Labute approximate surface area is 282 Å². The largest absolute Gasteiger partial charge is 0.463 e. The van der Waals surface area contributed by atoms with E-state index in [-0.39, 0.29) is 13.2 Å². The summed E-state index contributed by atoms with van der Waals surface area (Å²) in [6, 6.07) is 18.1. The third-order valence-corrected chi connectivity index (χ3v) is 7.53. The van der Waals surface area contributed by atoms with Gasteiger partial charge in [-0.3, -0.25) is 19.2 Å². The topological polar surface area (TPSA) is 172 Å². The van der Waals surface area contributed by atoms with E-state index in [1.54, 1.807) is 24.3 Å². The second kappa shape index (κ2) is 18.1. The molecule has 4 rings (SSSR count). The van der Waals surface area contributed by atoms with Crippen LogP contribution in [0.5, 0.6) is 0 Å². The van der Waals surface area contributed by atoms with Crippen molar-refractivity contribution < 1.29 is 71.3 Å². The molecule has 0 unspecified atom stereocenters. The highest BCUT2D eigenvalue weighted by atomic mass is 19.1. The zero-order valence-electron chi connectivity index (χ0n) is 27.5. The number of rotatable bonds is 14. The van der Waals surface area contributed by atoms with Gasteiger partial charge >= 0.3 is 23.9 Å². The van der Waals surface area contributed by atoms with Crippen molar-refractivity contribution in [1.82, 2.24) is 0 Å². The lowest BCUT2D eigenvalue weighted by Crippen LogP contribution is -2.64. The second-order valence-corrected chi connectivity index (χ2v) is 11.4. The van der Waals surface area contributed by atoms with Gasteiger partial charge in [-0.15, -0.1) is 0 Å². The van der Waals surface area contributed by atoms with Crippen LogP contribution in [0, 0.1) is 0 Å². The number of carbonyl (C=O) groups excluding carboxylic acids is 4. The van der Waals surface area contributed by atoms with Gasteiger partial charge < -0.3 is 47.7 Å². The van der Waals surface area contributed by atoms with E-state index >= 15 is 4.39 Å². The van der Waals surface area contributed by atoms with Crippen molar-refractivity contribution in [3.8, 4) is 0 Å². The number of benzene rings is 2. The maximum absolute atomic E-state index is 16.3. The van der Waals surface area contributed by atoms with Gasteiger partial charge in [0.1, 0.15) is 31.0 Å². The summed E-state index contributed by atoms with van der Waals surface area (Å²) < 4.78 is 66.9. The van der Waals surface area contributed by atoms with Gasteiger partial charge in [-0.25, -0.2) is 4.39 Å². The molecular formula is C34H41FO14. The molecular weight excluding hydrogens is 651 g/mol. The third-order valence-electron chi connectivity index (χ3n) is 7.53. The Kier molecular flexibility index (Phi) is 14.0. The molecule has 2 saturated heterocycles. The molecule has 0 amide bonds. The first-order chi connectivity index (χ1) is 23.4. The number of aliphatic hydroxyl groups excluding tert-OH is 1. The minimum Gasteiger partial charge on any atom is -0.463 e. The Morgan fingerprint density at radius 3 is 1.65 bits per heavy atom. The molecule has 0 spiro atoms. The Morgan fingerprint density at radius 1 is 0.612 bits per heavy atom. The molecule has 10 atom stereocenters. The molecule has 268 valence electrons. The zero-order valence-corrected chi connectivity index (χ0v) is 27.5. The Hall–Kier alpha value is -3.99. The van der Waals surface area contributed by atoms with Crippen LogP contribution in [0.15, 0.2) is 60.7 Å². The molecule has 15 heteroatoms. The van der Waals surface area contributed by atoms with Crippen LogP contribution in [0.3, 0.4) is 0 Å². The smallest absolute Gasteiger partial charge is 0.303 e. The molecule has 2 fully saturated rings. The van der Waals surface area contributed by atoms with E-state index in [9.17, 15) is 24.3 Å². The van der Waals surface area contributed by atoms with Crippen LogP contribution in [0.4, 0.5) is 4.39 Å². The molecule has 1 N–H and O–H groups in total. The number of carbonyl (C=O) groups is 4. The van der Waals surface area contributed by atoms with Crippen molar-refractivity contribution in [2.75, 3.05) is 13.2 Å². The lowest BCUT2D eigenvalue weighted by molar-refractivity contribution is -0.330. The highest BCUT2D eigenvalue weighted by Gasteiger charge is 2.54. The van der Waals surface area contributed by atoms with Crippen molar-refractivity contribution in [1.29, 1.82) is 0 Å². The molecule has 2 aromatic rings. The third kappa shape index (κ3) is 11.0. The normalized spacial score (nSPS) is 29.8. The van der Waals surface area contributed by atoms with Crippen LogP contribution in [0.25, 0.3) is 0 Å². The molecule has 0 aliphatic carbocycles. The summed E-state index contributed by atoms with van der Waals surface area (Å²) in [7, 11) is 0. The number of ether oxygens (including phenoxy) is 9. The van der Waals surface area contributed by atoms with E-state index < -0.39 is 98.6 Å². The highest BCUT2D eigenvalue weighted by molar-refractivity contribution is 5.68. The van der Waals surface area contributed by atoms with Gasteiger partial charge in [-0.2, -0.15) is 0 Å². The number of hydrogen-bond donors (Lipinski definition) is 1.